The maximum absolute atomic E-state index is 11.3. The molecule has 3 heteroatoms. The highest BCUT2D eigenvalue weighted by molar-refractivity contribution is 5.64. The van der Waals surface area contributed by atoms with E-state index in [1.807, 2.05) is 45.9 Å². The Kier molecular flexibility index (Phi) is 4.35. The summed E-state index contributed by atoms with van der Waals surface area (Å²) in [6.07, 6.45) is -0.640. The molecule has 0 unspecified atom stereocenters. The van der Waals surface area contributed by atoms with Crippen molar-refractivity contribution in [2.45, 2.75) is 27.7 Å². The molecule has 0 saturated heterocycles. The maximum atomic E-state index is 11.3. The molecule has 1 aromatic carbocycles. The van der Waals surface area contributed by atoms with Gasteiger partial charge in [-0.15, -0.1) is 0 Å². The Morgan fingerprint density at radius 3 is 2.25 bits per heavy atom. The lowest BCUT2D eigenvalue weighted by molar-refractivity contribution is 0.0885. The second-order valence-electron chi connectivity index (χ2n) is 4.38. The van der Waals surface area contributed by atoms with Crippen molar-refractivity contribution < 1.29 is 14.3 Å². The molecular weight excluding hydrogens is 204 g/mol. The Bertz CT molecular complexity index is 349. The quantitative estimate of drug-likeness (QED) is 0.580. The average molecular weight is 222 g/mol. The van der Waals surface area contributed by atoms with Gasteiger partial charge in [0, 0.05) is 0 Å². The molecule has 0 aromatic heterocycles. The Labute approximate surface area is 96.4 Å². The monoisotopic (exact) mass is 222 g/mol. The van der Waals surface area contributed by atoms with E-state index < -0.39 is 6.16 Å². The minimum absolute atomic E-state index is 0.312. The molecule has 0 bridgehead atoms. The van der Waals surface area contributed by atoms with Gasteiger partial charge in [-0.25, -0.2) is 4.79 Å². The van der Waals surface area contributed by atoms with E-state index >= 15 is 0 Å². The first-order valence-electron chi connectivity index (χ1n) is 5.40. The van der Waals surface area contributed by atoms with Crippen LogP contribution in [0.4, 0.5) is 4.79 Å². The summed E-state index contributed by atoms with van der Waals surface area (Å²) >= 11 is 0. The summed E-state index contributed by atoms with van der Waals surface area (Å²) in [7, 11) is 0. The highest BCUT2D eigenvalue weighted by atomic mass is 16.7. The van der Waals surface area contributed by atoms with Gasteiger partial charge in [0.05, 0.1) is 6.61 Å². The number of aryl methyl sites for hydroxylation is 2. The molecule has 3 nitrogen and oxygen atoms in total. The van der Waals surface area contributed by atoms with Crippen LogP contribution in [0, 0.1) is 19.8 Å². The fraction of sp³-hybridized carbons (Fsp3) is 0.462. The molecule has 0 heterocycles. The Morgan fingerprint density at radius 2 is 1.75 bits per heavy atom. The second-order valence-corrected chi connectivity index (χ2v) is 4.38. The average Bonchev–Trinajstić information content (AvgIpc) is 2.12. The summed E-state index contributed by atoms with van der Waals surface area (Å²) in [6, 6.07) is 5.64. The highest BCUT2D eigenvalue weighted by Gasteiger charge is 2.07. The molecule has 88 valence electrons. The number of hydrogen-bond donors (Lipinski definition) is 0. The predicted molar refractivity (Wildman–Crippen MR) is 62.7 cm³/mol. The molecule has 1 rings (SSSR count). The molecule has 0 fully saturated rings. The van der Waals surface area contributed by atoms with Crippen molar-refractivity contribution in [2.24, 2.45) is 5.92 Å². The molecule has 16 heavy (non-hydrogen) atoms. The summed E-state index contributed by atoms with van der Waals surface area (Å²) in [5.41, 5.74) is 2.12. The normalized spacial score (nSPS) is 10.3. The van der Waals surface area contributed by atoms with E-state index in [1.54, 1.807) is 0 Å². The van der Waals surface area contributed by atoms with Crippen LogP contribution in [0.3, 0.4) is 0 Å². The van der Waals surface area contributed by atoms with E-state index in [0.29, 0.717) is 18.3 Å². The molecule has 0 aliphatic heterocycles. The Morgan fingerprint density at radius 1 is 1.19 bits per heavy atom. The first-order valence-corrected chi connectivity index (χ1v) is 5.40. The number of carbonyl (C=O) groups is 1. The van der Waals surface area contributed by atoms with E-state index in [0.717, 1.165) is 11.1 Å². The van der Waals surface area contributed by atoms with Crippen LogP contribution in [0.15, 0.2) is 18.2 Å². The zero-order valence-corrected chi connectivity index (χ0v) is 10.2. The number of hydrogen-bond acceptors (Lipinski definition) is 3. The maximum Gasteiger partial charge on any atom is 0.513 e. The lowest BCUT2D eigenvalue weighted by Crippen LogP contribution is -2.14. The molecule has 0 saturated carbocycles. The summed E-state index contributed by atoms with van der Waals surface area (Å²) in [4.78, 5) is 11.3. The van der Waals surface area contributed by atoms with Gasteiger partial charge in [-0.1, -0.05) is 19.9 Å². The number of ether oxygens (including phenoxy) is 2. The Hall–Kier alpha value is -1.51. The summed E-state index contributed by atoms with van der Waals surface area (Å²) in [6.45, 7) is 8.25. The fourth-order valence-electron chi connectivity index (χ4n) is 1.35. The highest BCUT2D eigenvalue weighted by Crippen LogP contribution is 2.16. The topological polar surface area (TPSA) is 35.5 Å². The van der Waals surface area contributed by atoms with Crippen LogP contribution in [0.2, 0.25) is 0 Å². The van der Waals surface area contributed by atoms with Gasteiger partial charge >= 0.3 is 6.16 Å². The van der Waals surface area contributed by atoms with Crippen molar-refractivity contribution in [1.82, 2.24) is 0 Å². The minimum atomic E-state index is -0.640. The predicted octanol–water partition coefficient (Wildman–Crippen LogP) is 3.47. The lowest BCUT2D eigenvalue weighted by atomic mass is 10.1. The van der Waals surface area contributed by atoms with Crippen LogP contribution >= 0.6 is 0 Å². The van der Waals surface area contributed by atoms with E-state index in [1.165, 1.54) is 0 Å². The van der Waals surface area contributed by atoms with Crippen LogP contribution < -0.4 is 4.74 Å². The summed E-state index contributed by atoms with van der Waals surface area (Å²) in [5.74, 6) is 0.845. The molecule has 0 N–H and O–H groups in total. The molecule has 0 aliphatic carbocycles. The van der Waals surface area contributed by atoms with Gasteiger partial charge in [0.2, 0.25) is 0 Å². The van der Waals surface area contributed by atoms with E-state index in [-0.39, 0.29) is 0 Å². The minimum Gasteiger partial charge on any atom is -0.434 e. The third-order valence-corrected chi connectivity index (χ3v) is 1.93. The number of benzene rings is 1. The smallest absolute Gasteiger partial charge is 0.434 e. The lowest BCUT2D eigenvalue weighted by Gasteiger charge is -2.08. The van der Waals surface area contributed by atoms with Crippen molar-refractivity contribution in [3.8, 4) is 5.75 Å². The molecule has 0 spiro atoms. The molecule has 1 aromatic rings. The van der Waals surface area contributed by atoms with Crippen molar-refractivity contribution in [2.75, 3.05) is 6.61 Å². The van der Waals surface area contributed by atoms with Gasteiger partial charge < -0.3 is 9.47 Å². The van der Waals surface area contributed by atoms with Crippen LogP contribution in [-0.4, -0.2) is 12.8 Å². The van der Waals surface area contributed by atoms with Gasteiger partial charge in [-0.3, -0.25) is 0 Å². The van der Waals surface area contributed by atoms with E-state index in [2.05, 4.69) is 0 Å². The van der Waals surface area contributed by atoms with Gasteiger partial charge in [0.15, 0.2) is 0 Å². The second kappa shape index (κ2) is 5.54. The zero-order chi connectivity index (χ0) is 12.1. The molecule has 0 amide bonds. The largest absolute Gasteiger partial charge is 0.513 e. The van der Waals surface area contributed by atoms with Crippen molar-refractivity contribution in [1.29, 1.82) is 0 Å². The standard InChI is InChI=1S/C13H18O3/c1-9(2)8-15-13(14)16-12-6-10(3)5-11(4)7-12/h5-7,9H,8H2,1-4H3. The molecule has 0 radical (unpaired) electrons. The van der Waals surface area contributed by atoms with Gasteiger partial charge in [-0.2, -0.15) is 0 Å². The van der Waals surface area contributed by atoms with Gasteiger partial charge in [0.25, 0.3) is 0 Å². The van der Waals surface area contributed by atoms with Crippen LogP contribution in [0.1, 0.15) is 25.0 Å². The van der Waals surface area contributed by atoms with Gasteiger partial charge in [0.1, 0.15) is 5.75 Å². The molecule has 0 atom stereocenters. The van der Waals surface area contributed by atoms with Crippen molar-refractivity contribution >= 4 is 6.16 Å². The van der Waals surface area contributed by atoms with Crippen LogP contribution in [0.25, 0.3) is 0 Å². The first-order chi connectivity index (χ1) is 7.47. The molecule has 0 aliphatic rings. The number of rotatable bonds is 3. The number of carbonyl (C=O) groups excluding carboxylic acids is 1. The van der Waals surface area contributed by atoms with Gasteiger partial charge in [-0.05, 0) is 43.0 Å². The summed E-state index contributed by atoms with van der Waals surface area (Å²) < 4.78 is 9.99. The first kappa shape index (κ1) is 12.6. The SMILES string of the molecule is Cc1cc(C)cc(OC(=O)OCC(C)C)c1. The fourth-order valence-corrected chi connectivity index (χ4v) is 1.35. The van der Waals surface area contributed by atoms with Crippen molar-refractivity contribution in [3.63, 3.8) is 0 Å². The Balaban J connectivity index is 2.56. The third kappa shape index (κ3) is 4.34. The van der Waals surface area contributed by atoms with E-state index in [4.69, 9.17) is 9.47 Å². The summed E-state index contributed by atoms with van der Waals surface area (Å²) in [5, 5.41) is 0. The van der Waals surface area contributed by atoms with Crippen molar-refractivity contribution in [3.05, 3.63) is 29.3 Å². The van der Waals surface area contributed by atoms with Crippen LogP contribution in [0.5, 0.6) is 5.75 Å². The van der Waals surface area contributed by atoms with E-state index in [9.17, 15) is 4.79 Å². The third-order valence-electron chi connectivity index (χ3n) is 1.93. The molecular formula is C13H18O3. The van der Waals surface area contributed by atoms with Crippen LogP contribution in [-0.2, 0) is 4.74 Å². The zero-order valence-electron chi connectivity index (χ0n) is 10.2.